The fraction of sp³-hybridized carbons (Fsp3) is 0.938. The Bertz CT molecular complexity index is 360. The van der Waals surface area contributed by atoms with E-state index in [9.17, 15) is 10.2 Å². The van der Waals surface area contributed by atoms with Gasteiger partial charge in [-0.3, -0.25) is 10.6 Å². The molecule has 0 aromatic rings. The van der Waals surface area contributed by atoms with Crippen LogP contribution in [-0.4, -0.2) is 59.7 Å². The van der Waals surface area contributed by atoms with Crippen LogP contribution in [0.2, 0.25) is 0 Å². The molecule has 6 atom stereocenters. The van der Waals surface area contributed by atoms with Crippen molar-refractivity contribution in [2.24, 2.45) is 11.8 Å². The van der Waals surface area contributed by atoms with Gasteiger partial charge in [0.05, 0.1) is 6.04 Å². The van der Waals surface area contributed by atoms with Crippen molar-refractivity contribution in [1.82, 2.24) is 21.3 Å². The Morgan fingerprint density at radius 1 is 1.17 bits per heavy atom. The molecule has 136 valence electrons. The van der Waals surface area contributed by atoms with Gasteiger partial charge >= 0.3 is 0 Å². The molecule has 0 aromatic carbocycles. The predicted octanol–water partition coefficient (Wildman–Crippen LogP) is -0.200. The second-order valence-corrected chi connectivity index (χ2v) is 7.10. The summed E-state index contributed by atoms with van der Waals surface area (Å²) in [6.45, 7) is 11.3. The van der Waals surface area contributed by atoms with E-state index in [1.807, 2.05) is 13.8 Å². The molecule has 6 unspecified atom stereocenters. The number of aliphatic hydroxyl groups excluding tert-OH is 2. The van der Waals surface area contributed by atoms with Crippen molar-refractivity contribution in [3.05, 3.63) is 0 Å². The average Bonchev–Trinajstić information content (AvgIpc) is 2.98. The van der Waals surface area contributed by atoms with Crippen LogP contribution < -0.4 is 21.3 Å². The van der Waals surface area contributed by atoms with Gasteiger partial charge in [-0.2, -0.15) is 0 Å². The van der Waals surface area contributed by atoms with Gasteiger partial charge in [-0.25, -0.2) is 0 Å². The Labute approximate surface area is 140 Å². The molecule has 1 rings (SSSR count). The van der Waals surface area contributed by atoms with Crippen molar-refractivity contribution in [3.8, 4) is 0 Å². The van der Waals surface area contributed by atoms with E-state index in [0.29, 0.717) is 18.1 Å². The lowest BCUT2D eigenvalue weighted by Gasteiger charge is -2.33. The van der Waals surface area contributed by atoms with Crippen LogP contribution in [0.3, 0.4) is 0 Å². The van der Waals surface area contributed by atoms with E-state index < -0.39 is 12.5 Å². The highest BCUT2D eigenvalue weighted by molar-refractivity contribution is 5.83. The molecule has 1 aliphatic rings. The SMILES string of the molecule is CC(=N)C(C)NC(O)C(CC1CNCN1)NC(O)C(C)C(C)C. The fourth-order valence-electron chi connectivity index (χ4n) is 2.53. The van der Waals surface area contributed by atoms with Crippen LogP contribution >= 0.6 is 0 Å². The monoisotopic (exact) mass is 329 g/mol. The summed E-state index contributed by atoms with van der Waals surface area (Å²) in [6, 6.07) is -0.254. The smallest absolute Gasteiger partial charge is 0.121 e. The first kappa shape index (κ1) is 20.5. The third-order valence-corrected chi connectivity index (χ3v) is 4.83. The molecule has 23 heavy (non-hydrogen) atoms. The molecule has 7 nitrogen and oxygen atoms in total. The first-order valence-electron chi connectivity index (χ1n) is 8.59. The first-order valence-corrected chi connectivity index (χ1v) is 8.59. The van der Waals surface area contributed by atoms with Gasteiger partial charge in [0.25, 0.3) is 0 Å². The zero-order valence-electron chi connectivity index (χ0n) is 15.1. The van der Waals surface area contributed by atoms with Gasteiger partial charge in [0.2, 0.25) is 0 Å². The summed E-state index contributed by atoms with van der Waals surface area (Å²) in [7, 11) is 0. The number of rotatable bonds is 10. The Balaban J connectivity index is 2.68. The molecular formula is C16H35N5O2. The molecule has 7 heteroatoms. The average molecular weight is 329 g/mol. The molecule has 0 spiro atoms. The third kappa shape index (κ3) is 6.82. The van der Waals surface area contributed by atoms with E-state index in [1.54, 1.807) is 6.92 Å². The van der Waals surface area contributed by atoms with Gasteiger partial charge in [0.15, 0.2) is 0 Å². The predicted molar refractivity (Wildman–Crippen MR) is 93.3 cm³/mol. The molecule has 0 radical (unpaired) electrons. The summed E-state index contributed by atoms with van der Waals surface area (Å²) in [5.74, 6) is 0.429. The quantitative estimate of drug-likeness (QED) is 0.221. The molecule has 0 aromatic heterocycles. The van der Waals surface area contributed by atoms with Gasteiger partial charge in [-0.15, -0.1) is 0 Å². The maximum Gasteiger partial charge on any atom is 0.121 e. The van der Waals surface area contributed by atoms with Crippen LogP contribution in [0.1, 0.15) is 41.0 Å². The van der Waals surface area contributed by atoms with Crippen LogP contribution in [0.4, 0.5) is 0 Å². The minimum atomic E-state index is -0.832. The van der Waals surface area contributed by atoms with Crippen LogP contribution in [0.15, 0.2) is 0 Å². The Hall–Kier alpha value is -0.570. The Kier molecular flexibility index (Phi) is 8.60. The van der Waals surface area contributed by atoms with Crippen molar-refractivity contribution < 1.29 is 10.2 Å². The Morgan fingerprint density at radius 3 is 2.30 bits per heavy atom. The molecule has 7 N–H and O–H groups in total. The van der Waals surface area contributed by atoms with E-state index in [1.165, 1.54) is 0 Å². The largest absolute Gasteiger partial charge is 0.378 e. The highest BCUT2D eigenvalue weighted by atomic mass is 16.3. The van der Waals surface area contributed by atoms with Gasteiger partial charge in [0, 0.05) is 31.0 Å². The maximum absolute atomic E-state index is 10.5. The minimum absolute atomic E-state index is 0.0845. The summed E-state index contributed by atoms with van der Waals surface area (Å²) in [5, 5.41) is 41.4. The summed E-state index contributed by atoms with van der Waals surface area (Å²) < 4.78 is 0. The second-order valence-electron chi connectivity index (χ2n) is 7.10. The van der Waals surface area contributed by atoms with Gasteiger partial charge < -0.3 is 26.3 Å². The van der Waals surface area contributed by atoms with E-state index >= 15 is 0 Å². The molecule has 1 aliphatic heterocycles. The molecule has 1 heterocycles. The van der Waals surface area contributed by atoms with E-state index in [4.69, 9.17) is 5.41 Å². The van der Waals surface area contributed by atoms with Gasteiger partial charge in [-0.05, 0) is 32.1 Å². The number of aliphatic hydroxyl groups is 2. The van der Waals surface area contributed by atoms with Crippen molar-refractivity contribution >= 4 is 5.71 Å². The zero-order valence-corrected chi connectivity index (χ0v) is 15.1. The zero-order chi connectivity index (χ0) is 17.6. The van der Waals surface area contributed by atoms with Crippen molar-refractivity contribution in [1.29, 1.82) is 5.41 Å². The molecule has 1 fully saturated rings. The number of hydrogen-bond donors (Lipinski definition) is 7. The minimum Gasteiger partial charge on any atom is -0.378 e. The summed E-state index contributed by atoms with van der Waals surface area (Å²) in [4.78, 5) is 0. The third-order valence-electron chi connectivity index (χ3n) is 4.83. The standard InChI is InChI=1S/C16H35N5O2/c1-9(2)10(3)15(22)21-14(6-13-7-18-8-19-13)16(23)20-12(5)11(4)17/h9-10,12-23H,6-8H2,1-5H3. The van der Waals surface area contributed by atoms with Crippen LogP contribution in [-0.2, 0) is 0 Å². The molecule has 0 amide bonds. The Morgan fingerprint density at radius 2 is 1.83 bits per heavy atom. The summed E-state index contributed by atoms with van der Waals surface area (Å²) in [5.41, 5.74) is 0.472. The molecule has 0 bridgehead atoms. The van der Waals surface area contributed by atoms with Crippen LogP contribution in [0, 0.1) is 17.2 Å². The molecule has 0 saturated carbocycles. The molecule has 0 aliphatic carbocycles. The lowest BCUT2D eigenvalue weighted by atomic mass is 9.95. The van der Waals surface area contributed by atoms with Crippen molar-refractivity contribution in [3.63, 3.8) is 0 Å². The van der Waals surface area contributed by atoms with Crippen LogP contribution in [0.5, 0.6) is 0 Å². The fourth-order valence-corrected chi connectivity index (χ4v) is 2.53. The normalized spacial score (nSPS) is 25.1. The topological polar surface area (TPSA) is 112 Å². The van der Waals surface area contributed by atoms with Crippen LogP contribution in [0.25, 0.3) is 0 Å². The number of nitrogens with one attached hydrogen (secondary N) is 5. The van der Waals surface area contributed by atoms with E-state index in [2.05, 4.69) is 35.1 Å². The van der Waals surface area contributed by atoms with Gasteiger partial charge in [0.1, 0.15) is 12.5 Å². The van der Waals surface area contributed by atoms with Crippen molar-refractivity contribution in [2.45, 2.75) is 71.6 Å². The highest BCUT2D eigenvalue weighted by Gasteiger charge is 2.29. The van der Waals surface area contributed by atoms with E-state index in [0.717, 1.165) is 13.2 Å². The second kappa shape index (κ2) is 9.66. The first-order chi connectivity index (χ1) is 10.7. The molecule has 1 saturated heterocycles. The van der Waals surface area contributed by atoms with Crippen molar-refractivity contribution in [2.75, 3.05) is 13.2 Å². The van der Waals surface area contributed by atoms with E-state index in [-0.39, 0.29) is 24.0 Å². The lowest BCUT2D eigenvalue weighted by molar-refractivity contribution is 0.00755. The highest BCUT2D eigenvalue weighted by Crippen LogP contribution is 2.15. The molecular weight excluding hydrogens is 294 g/mol. The number of hydrogen-bond acceptors (Lipinski definition) is 7. The summed E-state index contributed by atoms with van der Waals surface area (Å²) >= 11 is 0. The maximum atomic E-state index is 10.5. The van der Waals surface area contributed by atoms with Gasteiger partial charge in [-0.1, -0.05) is 20.8 Å². The summed E-state index contributed by atoms with van der Waals surface area (Å²) in [6.07, 6.45) is -0.823. The lowest BCUT2D eigenvalue weighted by Crippen LogP contribution is -2.57.